The van der Waals surface area contributed by atoms with Gasteiger partial charge in [0.15, 0.2) is 0 Å². The molecule has 5 aliphatic carbocycles. The summed E-state index contributed by atoms with van der Waals surface area (Å²) in [4.78, 5) is 26.8. The van der Waals surface area contributed by atoms with Gasteiger partial charge >= 0.3 is 0 Å². The van der Waals surface area contributed by atoms with Crippen LogP contribution in [0.4, 0.5) is 0 Å². The second-order valence-corrected chi connectivity index (χ2v) is 17.7. The van der Waals surface area contributed by atoms with E-state index in [2.05, 4.69) is 65.7 Å². The molecule has 10 unspecified atom stereocenters. The number of fused-ring (bicyclic) bond motifs is 7. The van der Waals surface area contributed by atoms with Crippen LogP contribution >= 0.6 is 0 Å². The largest absolute Gasteiger partial charge is 0.393 e. The summed E-state index contributed by atoms with van der Waals surface area (Å²) in [6.07, 6.45) is 11.5. The number of allylic oxidation sites excluding steroid dienone is 1. The Morgan fingerprint density at radius 1 is 0.915 bits per heavy atom. The molecule has 0 heterocycles. The fourth-order valence-electron chi connectivity index (χ4n) is 13.1. The first kappa shape index (κ1) is 36.6. The maximum absolute atomic E-state index is 14.5. The zero-order valence-electron chi connectivity index (χ0n) is 30.0. The van der Waals surface area contributed by atoms with E-state index < -0.39 is 0 Å². The van der Waals surface area contributed by atoms with Crippen LogP contribution in [0.15, 0.2) is 36.4 Å². The molecule has 1 radical (unpaired) electrons. The van der Waals surface area contributed by atoms with Crippen LogP contribution in [0.5, 0.6) is 0 Å². The molecule has 5 fully saturated rings. The van der Waals surface area contributed by atoms with Gasteiger partial charge in [-0.2, -0.15) is 0 Å². The smallest absolute Gasteiger partial charge is 0.248 e. The summed E-state index contributed by atoms with van der Waals surface area (Å²) < 4.78 is 0. The third-order valence-corrected chi connectivity index (χ3v) is 15.7. The van der Waals surface area contributed by atoms with E-state index in [9.17, 15) is 14.7 Å². The molecule has 1 aromatic rings. The molecule has 0 aromatic heterocycles. The summed E-state index contributed by atoms with van der Waals surface area (Å²) in [6.45, 7) is 23.9. The Bertz CT molecular complexity index is 1380. The van der Waals surface area contributed by atoms with E-state index >= 15 is 0 Å². The summed E-state index contributed by atoms with van der Waals surface area (Å²) in [6, 6.07) is 7.71. The van der Waals surface area contributed by atoms with Crippen molar-refractivity contribution in [1.82, 2.24) is 10.6 Å². The number of benzene rings is 1. The van der Waals surface area contributed by atoms with E-state index in [1.165, 1.54) is 31.3 Å². The van der Waals surface area contributed by atoms with E-state index in [0.29, 0.717) is 54.7 Å². The van der Waals surface area contributed by atoms with E-state index in [1.54, 1.807) is 0 Å². The summed E-state index contributed by atoms with van der Waals surface area (Å²) in [5, 5.41) is 17.3. The van der Waals surface area contributed by atoms with Crippen molar-refractivity contribution in [3.8, 4) is 0 Å². The quantitative estimate of drug-likeness (QED) is 0.201. The summed E-state index contributed by atoms with van der Waals surface area (Å²) in [7, 11) is 0. The third-order valence-electron chi connectivity index (χ3n) is 15.7. The Morgan fingerprint density at radius 3 is 2.36 bits per heavy atom. The first-order chi connectivity index (χ1) is 21.7. The number of aliphatic hydroxyl groups is 1. The molecule has 0 aliphatic heterocycles. The van der Waals surface area contributed by atoms with Crippen molar-refractivity contribution in [1.29, 1.82) is 0 Å². The monoisotopic (exact) mass is 688 g/mol. The van der Waals surface area contributed by atoms with Crippen molar-refractivity contribution >= 4 is 11.8 Å². The van der Waals surface area contributed by atoms with Crippen LogP contribution in [0.25, 0.3) is 0 Å². The van der Waals surface area contributed by atoms with Gasteiger partial charge in [-0.05, 0) is 146 Å². The standard InChI is InChI=1S/C41H61N2O3.Co/c1-9-42-35(45)28-12-10-11-27(25-28)18-24-43-36(46)41-21-15-29(26(2)3)34(41)30-13-14-32-38(6)19-17-33(44)37(4,5)31(38)16-20-40(32,8)39(30,7)22-23-41;/h10-12,25,29-34,44H,1-2,9,13-24H2,3-8H3,(H,42,45)(H,43,46);/q-1;. The average Bonchev–Trinajstić information content (AvgIpc) is 3.41. The minimum Gasteiger partial charge on any atom is -0.393 e. The van der Waals surface area contributed by atoms with Gasteiger partial charge in [-0.3, -0.25) is 9.59 Å². The third kappa shape index (κ3) is 5.50. The summed E-state index contributed by atoms with van der Waals surface area (Å²) >= 11 is 0. The minimum absolute atomic E-state index is 0. The molecule has 6 rings (SSSR count). The molecule has 5 nitrogen and oxygen atoms in total. The number of hydrogen-bond donors (Lipinski definition) is 3. The molecule has 263 valence electrons. The Kier molecular flexibility index (Phi) is 10.1. The van der Waals surface area contributed by atoms with Crippen LogP contribution in [0, 0.1) is 63.6 Å². The minimum atomic E-state index is -0.328. The molecule has 0 saturated heterocycles. The fraction of sp³-hybridized carbons (Fsp3) is 0.732. The van der Waals surface area contributed by atoms with E-state index in [1.807, 2.05) is 24.3 Å². The normalized spacial score (nSPS) is 41.6. The van der Waals surface area contributed by atoms with E-state index in [-0.39, 0.29) is 61.8 Å². The Balaban J connectivity index is 0.00000433. The van der Waals surface area contributed by atoms with Gasteiger partial charge < -0.3 is 22.7 Å². The predicted octanol–water partition coefficient (Wildman–Crippen LogP) is 7.93. The molecule has 0 spiro atoms. The van der Waals surface area contributed by atoms with Gasteiger partial charge in [0.05, 0.1) is 11.5 Å². The molecule has 5 aliphatic rings. The second-order valence-electron chi connectivity index (χ2n) is 17.7. The SMILES string of the molecule is C=C(C)C1CCC2(C(=O)NCCc3cccc(C(=O)NC[CH2-])c3)CCC3(C)C(CCC4C5(C)CCC(O)C(C)(C)C5CCC43C)C12.[Co]. The number of carbonyl (C=O) groups is 2. The fourth-order valence-corrected chi connectivity index (χ4v) is 13.1. The van der Waals surface area contributed by atoms with Crippen LogP contribution in [0.2, 0.25) is 0 Å². The zero-order chi connectivity index (χ0) is 33.3. The molecule has 0 bridgehead atoms. The van der Waals surface area contributed by atoms with Crippen LogP contribution in [-0.4, -0.2) is 36.1 Å². The van der Waals surface area contributed by atoms with Gasteiger partial charge in [-0.1, -0.05) is 58.9 Å². The molecule has 3 N–H and O–H groups in total. The average molecular weight is 689 g/mol. The number of amides is 2. The van der Waals surface area contributed by atoms with Gasteiger partial charge in [0.25, 0.3) is 0 Å². The van der Waals surface area contributed by atoms with Gasteiger partial charge in [0, 0.05) is 28.9 Å². The van der Waals surface area contributed by atoms with Crippen molar-refractivity contribution in [2.24, 2.45) is 56.7 Å². The van der Waals surface area contributed by atoms with Crippen molar-refractivity contribution in [3.63, 3.8) is 0 Å². The number of hydrogen-bond acceptors (Lipinski definition) is 3. The molecule has 5 saturated carbocycles. The Morgan fingerprint density at radius 2 is 1.66 bits per heavy atom. The van der Waals surface area contributed by atoms with Crippen molar-refractivity contribution in [3.05, 3.63) is 54.5 Å². The van der Waals surface area contributed by atoms with Crippen molar-refractivity contribution < 1.29 is 31.5 Å². The first-order valence-electron chi connectivity index (χ1n) is 18.4. The topological polar surface area (TPSA) is 78.4 Å². The Hall–Kier alpha value is -1.63. The van der Waals surface area contributed by atoms with E-state index in [4.69, 9.17) is 0 Å². The maximum atomic E-state index is 14.5. The van der Waals surface area contributed by atoms with Crippen LogP contribution in [-0.2, 0) is 28.0 Å². The van der Waals surface area contributed by atoms with Crippen molar-refractivity contribution in [2.75, 3.05) is 13.1 Å². The van der Waals surface area contributed by atoms with Crippen LogP contribution < -0.4 is 10.6 Å². The summed E-state index contributed by atoms with van der Waals surface area (Å²) in [5.41, 5.74) is 3.26. The first-order valence-corrected chi connectivity index (χ1v) is 18.4. The predicted molar refractivity (Wildman–Crippen MR) is 186 cm³/mol. The maximum Gasteiger partial charge on any atom is 0.248 e. The van der Waals surface area contributed by atoms with Crippen LogP contribution in [0.1, 0.15) is 122 Å². The van der Waals surface area contributed by atoms with Gasteiger partial charge in [-0.25, -0.2) is 0 Å². The number of carbonyl (C=O) groups excluding carboxylic acids is 2. The molecule has 47 heavy (non-hydrogen) atoms. The molecule has 10 atom stereocenters. The molecule has 6 heteroatoms. The number of aliphatic hydroxyl groups excluding tert-OH is 1. The Labute approximate surface area is 295 Å². The summed E-state index contributed by atoms with van der Waals surface area (Å²) in [5.74, 6) is 2.61. The second kappa shape index (κ2) is 12.9. The zero-order valence-corrected chi connectivity index (χ0v) is 31.0. The molecule has 1 aromatic carbocycles. The van der Waals surface area contributed by atoms with Crippen molar-refractivity contribution in [2.45, 2.75) is 118 Å². The number of rotatable bonds is 7. The van der Waals surface area contributed by atoms with E-state index in [0.717, 1.165) is 44.1 Å². The van der Waals surface area contributed by atoms with Gasteiger partial charge in [0.1, 0.15) is 0 Å². The van der Waals surface area contributed by atoms with Crippen LogP contribution in [0.3, 0.4) is 0 Å². The molecule has 2 amide bonds. The molecular weight excluding hydrogens is 627 g/mol. The van der Waals surface area contributed by atoms with Gasteiger partial charge in [-0.15, -0.1) is 6.54 Å². The number of nitrogens with one attached hydrogen (secondary N) is 2. The van der Waals surface area contributed by atoms with Gasteiger partial charge in [0.2, 0.25) is 11.8 Å². The molecular formula is C41H61CoN2O3-.